The molecule has 29 heavy (non-hydrogen) atoms. The van der Waals surface area contributed by atoms with Gasteiger partial charge in [0.2, 0.25) is 11.7 Å². The topological polar surface area (TPSA) is 85.6 Å². The van der Waals surface area contributed by atoms with Crippen LogP contribution in [-0.2, 0) is 4.79 Å². The third-order valence-corrected chi connectivity index (χ3v) is 5.60. The molecule has 8 heteroatoms. The van der Waals surface area contributed by atoms with E-state index in [1.54, 1.807) is 23.0 Å². The third kappa shape index (κ3) is 3.17. The molecule has 1 unspecified atom stereocenters. The second-order valence-electron chi connectivity index (χ2n) is 6.82. The van der Waals surface area contributed by atoms with Crippen LogP contribution >= 0.6 is 11.6 Å². The lowest BCUT2D eigenvalue weighted by Crippen LogP contribution is -2.24. The first kappa shape index (κ1) is 19.1. The standard InChI is InChI=1S/C21H20ClN3O4/c1-11-15(22)5-4-6-16(11)25-21-14(10-23-25)13(9-19(26)24-21)12-7-17(28-2)20(27)18(8-12)29-3/h4-8,10,13,27H,9H2,1-3H3,(H,24,26). The van der Waals surface area contributed by atoms with E-state index in [9.17, 15) is 9.90 Å². The number of phenolic OH excluding ortho intramolecular Hbond substituents is 1. The molecule has 0 bridgehead atoms. The number of fused-ring (bicyclic) bond motifs is 1. The van der Waals surface area contributed by atoms with Crippen LogP contribution in [0, 0.1) is 6.92 Å². The van der Waals surface area contributed by atoms with Gasteiger partial charge in [-0.1, -0.05) is 17.7 Å². The number of nitrogens with one attached hydrogen (secondary N) is 1. The van der Waals surface area contributed by atoms with Crippen molar-refractivity contribution in [1.82, 2.24) is 9.78 Å². The molecule has 2 aromatic carbocycles. The van der Waals surface area contributed by atoms with E-state index in [1.807, 2.05) is 25.1 Å². The molecule has 0 saturated heterocycles. The van der Waals surface area contributed by atoms with Crippen LogP contribution in [-0.4, -0.2) is 35.0 Å². The fraction of sp³-hybridized carbons (Fsp3) is 0.238. The summed E-state index contributed by atoms with van der Waals surface area (Å²) in [6.07, 6.45) is 1.98. The average molecular weight is 414 g/mol. The molecular weight excluding hydrogens is 394 g/mol. The van der Waals surface area contributed by atoms with Gasteiger partial charge in [0.1, 0.15) is 5.82 Å². The minimum Gasteiger partial charge on any atom is -0.502 e. The fourth-order valence-corrected chi connectivity index (χ4v) is 3.81. The van der Waals surface area contributed by atoms with E-state index in [-0.39, 0.29) is 35.5 Å². The number of hydrogen-bond donors (Lipinski definition) is 2. The van der Waals surface area contributed by atoms with E-state index in [1.165, 1.54) is 14.2 Å². The number of aromatic nitrogens is 2. The number of benzene rings is 2. The van der Waals surface area contributed by atoms with Gasteiger partial charge in [-0.15, -0.1) is 0 Å². The Labute approximate surface area is 172 Å². The Bertz CT molecular complexity index is 1080. The van der Waals surface area contributed by atoms with Crippen molar-refractivity contribution in [3.05, 3.63) is 58.2 Å². The number of amides is 1. The highest BCUT2D eigenvalue weighted by atomic mass is 35.5. The number of methoxy groups -OCH3 is 2. The Balaban J connectivity index is 1.86. The lowest BCUT2D eigenvalue weighted by atomic mass is 9.87. The Morgan fingerprint density at radius 3 is 2.59 bits per heavy atom. The highest BCUT2D eigenvalue weighted by molar-refractivity contribution is 6.31. The van der Waals surface area contributed by atoms with Gasteiger partial charge in [-0.2, -0.15) is 5.10 Å². The van der Waals surface area contributed by atoms with Crippen LogP contribution in [0.2, 0.25) is 5.02 Å². The van der Waals surface area contributed by atoms with Gasteiger partial charge in [-0.25, -0.2) is 4.68 Å². The number of ether oxygens (including phenoxy) is 2. The van der Waals surface area contributed by atoms with Crippen molar-refractivity contribution in [1.29, 1.82) is 0 Å². The van der Waals surface area contributed by atoms with Gasteiger partial charge in [0, 0.05) is 22.9 Å². The molecule has 3 aromatic rings. The van der Waals surface area contributed by atoms with Gasteiger partial charge in [-0.05, 0) is 42.3 Å². The summed E-state index contributed by atoms with van der Waals surface area (Å²) in [4.78, 5) is 12.5. The highest BCUT2D eigenvalue weighted by Gasteiger charge is 2.32. The van der Waals surface area contributed by atoms with Crippen LogP contribution in [0.4, 0.5) is 5.82 Å². The monoisotopic (exact) mass is 413 g/mol. The molecule has 0 spiro atoms. The molecule has 2 N–H and O–H groups in total. The van der Waals surface area contributed by atoms with Crippen LogP contribution in [0.3, 0.4) is 0 Å². The lowest BCUT2D eigenvalue weighted by molar-refractivity contribution is -0.116. The van der Waals surface area contributed by atoms with Gasteiger partial charge < -0.3 is 19.9 Å². The molecule has 0 fully saturated rings. The minimum absolute atomic E-state index is 0.0792. The van der Waals surface area contributed by atoms with Crippen LogP contribution in [0.15, 0.2) is 36.5 Å². The zero-order valence-electron chi connectivity index (χ0n) is 16.2. The maximum absolute atomic E-state index is 12.5. The van der Waals surface area contributed by atoms with Crippen molar-refractivity contribution in [2.75, 3.05) is 19.5 Å². The van der Waals surface area contributed by atoms with E-state index in [2.05, 4.69) is 10.4 Å². The second kappa shape index (κ2) is 7.33. The predicted octanol–water partition coefficient (Wildman–Crippen LogP) is 4.03. The van der Waals surface area contributed by atoms with E-state index in [4.69, 9.17) is 21.1 Å². The summed E-state index contributed by atoms with van der Waals surface area (Å²) in [5, 5.41) is 18.3. The van der Waals surface area contributed by atoms with Crippen molar-refractivity contribution in [3.63, 3.8) is 0 Å². The zero-order chi connectivity index (χ0) is 20.7. The number of halogens is 1. The number of carbonyl (C=O) groups is 1. The summed E-state index contributed by atoms with van der Waals surface area (Å²) in [6.45, 7) is 1.91. The van der Waals surface area contributed by atoms with E-state index >= 15 is 0 Å². The number of carbonyl (C=O) groups excluding carboxylic acids is 1. The first-order valence-electron chi connectivity index (χ1n) is 9.02. The molecule has 1 aromatic heterocycles. The van der Waals surface area contributed by atoms with Crippen molar-refractivity contribution in [2.45, 2.75) is 19.3 Å². The molecule has 1 amide bonds. The third-order valence-electron chi connectivity index (χ3n) is 5.19. The zero-order valence-corrected chi connectivity index (χ0v) is 16.9. The largest absolute Gasteiger partial charge is 0.502 e. The summed E-state index contributed by atoms with van der Waals surface area (Å²) in [6, 6.07) is 8.99. The first-order chi connectivity index (χ1) is 13.9. The molecule has 0 aliphatic carbocycles. The maximum atomic E-state index is 12.5. The smallest absolute Gasteiger partial charge is 0.226 e. The van der Waals surface area contributed by atoms with E-state index in [0.29, 0.717) is 10.8 Å². The SMILES string of the molecule is COc1cc(C2CC(=O)Nc3c2cnn3-c2cccc(Cl)c2C)cc(OC)c1O. The van der Waals surface area contributed by atoms with Crippen molar-refractivity contribution >= 4 is 23.3 Å². The fourth-order valence-electron chi connectivity index (χ4n) is 3.64. The van der Waals surface area contributed by atoms with Gasteiger partial charge in [-0.3, -0.25) is 4.79 Å². The van der Waals surface area contributed by atoms with Gasteiger partial charge in [0.15, 0.2) is 11.5 Å². The Morgan fingerprint density at radius 2 is 1.93 bits per heavy atom. The highest BCUT2D eigenvalue weighted by Crippen LogP contribution is 2.44. The van der Waals surface area contributed by atoms with Gasteiger partial charge >= 0.3 is 0 Å². The van der Waals surface area contributed by atoms with Crippen molar-refractivity contribution in [3.8, 4) is 22.9 Å². The molecule has 2 heterocycles. The number of rotatable bonds is 4. The van der Waals surface area contributed by atoms with Crippen LogP contribution in [0.5, 0.6) is 17.2 Å². The quantitative estimate of drug-likeness (QED) is 0.674. The maximum Gasteiger partial charge on any atom is 0.226 e. The second-order valence-corrected chi connectivity index (χ2v) is 7.23. The molecule has 0 saturated carbocycles. The van der Waals surface area contributed by atoms with Crippen LogP contribution < -0.4 is 14.8 Å². The molecule has 1 atom stereocenters. The molecule has 4 rings (SSSR count). The first-order valence-corrected chi connectivity index (χ1v) is 9.40. The lowest BCUT2D eigenvalue weighted by Gasteiger charge is -2.25. The Kier molecular flexibility index (Phi) is 4.84. The summed E-state index contributed by atoms with van der Waals surface area (Å²) in [5.41, 5.74) is 3.30. The van der Waals surface area contributed by atoms with Gasteiger partial charge in [0.25, 0.3) is 0 Å². The summed E-state index contributed by atoms with van der Waals surface area (Å²) in [5.74, 6) is 0.687. The summed E-state index contributed by atoms with van der Waals surface area (Å²) in [7, 11) is 2.94. The number of anilines is 1. The Morgan fingerprint density at radius 1 is 1.24 bits per heavy atom. The Hall–Kier alpha value is -3.19. The van der Waals surface area contributed by atoms with Crippen LogP contribution in [0.1, 0.15) is 29.0 Å². The molecule has 1 aliphatic heterocycles. The predicted molar refractivity (Wildman–Crippen MR) is 110 cm³/mol. The summed E-state index contributed by atoms with van der Waals surface area (Å²) >= 11 is 6.27. The number of aromatic hydroxyl groups is 1. The van der Waals surface area contributed by atoms with Crippen LogP contribution in [0.25, 0.3) is 5.69 Å². The van der Waals surface area contributed by atoms with Crippen molar-refractivity contribution in [2.24, 2.45) is 0 Å². The van der Waals surface area contributed by atoms with E-state index in [0.717, 1.165) is 22.4 Å². The van der Waals surface area contributed by atoms with Gasteiger partial charge in [0.05, 0.1) is 26.1 Å². The van der Waals surface area contributed by atoms with E-state index < -0.39 is 0 Å². The number of hydrogen-bond acceptors (Lipinski definition) is 5. The molecular formula is C21H20ClN3O4. The number of nitrogens with zero attached hydrogens (tertiary/aromatic N) is 2. The number of phenols is 1. The average Bonchev–Trinajstić information content (AvgIpc) is 3.13. The molecule has 150 valence electrons. The van der Waals surface area contributed by atoms with Crippen molar-refractivity contribution < 1.29 is 19.4 Å². The molecule has 1 aliphatic rings. The molecule has 7 nitrogen and oxygen atoms in total. The normalized spacial score (nSPS) is 15.6. The molecule has 0 radical (unpaired) electrons. The summed E-state index contributed by atoms with van der Waals surface area (Å²) < 4.78 is 12.2. The minimum atomic E-state index is -0.268.